The summed E-state index contributed by atoms with van der Waals surface area (Å²) in [7, 11) is 0. The predicted octanol–water partition coefficient (Wildman–Crippen LogP) is 3.80. The number of ketones is 1. The second-order valence-electron chi connectivity index (χ2n) is 7.03. The first-order chi connectivity index (χ1) is 12.7. The van der Waals surface area contributed by atoms with Crippen molar-refractivity contribution in [3.8, 4) is 0 Å². The number of benzene rings is 1. The lowest BCUT2D eigenvalue weighted by molar-refractivity contribution is -0.119. The first-order valence-corrected chi connectivity index (χ1v) is 9.02. The first-order valence-electron chi connectivity index (χ1n) is 8.65. The molecular weight excluding hydrogens is 369 g/mol. The average molecular weight is 392 g/mol. The van der Waals surface area contributed by atoms with Crippen LogP contribution in [0.1, 0.15) is 61.1 Å². The lowest BCUT2D eigenvalue weighted by atomic mass is 9.93. The van der Waals surface area contributed by atoms with E-state index in [1.165, 1.54) is 18.5 Å². The van der Waals surface area contributed by atoms with Crippen LogP contribution in [-0.4, -0.2) is 22.2 Å². The van der Waals surface area contributed by atoms with Crippen LogP contribution in [0.3, 0.4) is 0 Å². The van der Waals surface area contributed by atoms with E-state index in [9.17, 15) is 9.59 Å². The minimum Gasteiger partial charge on any atom is -0.370 e. The van der Waals surface area contributed by atoms with Gasteiger partial charge in [0, 0.05) is 41.5 Å². The highest BCUT2D eigenvalue weighted by Gasteiger charge is 2.28. The molecule has 7 heteroatoms. The molecule has 5 nitrogen and oxygen atoms in total. The first kappa shape index (κ1) is 21.0. The van der Waals surface area contributed by atoms with Gasteiger partial charge in [-0.3, -0.25) is 14.6 Å². The SMILES string of the molecule is CC[C@@H](NC(C)(C)CC(N)=O)c1ccc(Cl)c(C(=O)c2cccnc2)c1F. The molecule has 0 fully saturated rings. The molecule has 144 valence electrons. The summed E-state index contributed by atoms with van der Waals surface area (Å²) in [6, 6.07) is 5.81. The van der Waals surface area contributed by atoms with Gasteiger partial charge in [-0.25, -0.2) is 4.39 Å². The Morgan fingerprint density at radius 1 is 1.33 bits per heavy atom. The van der Waals surface area contributed by atoms with Gasteiger partial charge in [0.05, 0.1) is 10.6 Å². The standard InChI is InChI=1S/C20H23ClFN3O2/c1-4-15(25-20(2,3)10-16(23)26)13-7-8-14(21)17(18(13)22)19(27)12-6-5-9-24-11-12/h5-9,11,15,25H,4,10H2,1-3H3,(H2,23,26)/t15-/m1/s1. The lowest BCUT2D eigenvalue weighted by Crippen LogP contribution is -2.44. The molecule has 0 radical (unpaired) electrons. The molecule has 0 aliphatic heterocycles. The average Bonchev–Trinajstić information content (AvgIpc) is 2.59. The van der Waals surface area contributed by atoms with E-state index in [1.54, 1.807) is 18.2 Å². The summed E-state index contributed by atoms with van der Waals surface area (Å²) in [5, 5.41) is 3.29. The Kier molecular flexibility index (Phi) is 6.68. The van der Waals surface area contributed by atoms with Gasteiger partial charge in [0.15, 0.2) is 5.78 Å². The van der Waals surface area contributed by atoms with Gasteiger partial charge >= 0.3 is 0 Å². The van der Waals surface area contributed by atoms with Crippen molar-refractivity contribution in [2.75, 3.05) is 0 Å². The Morgan fingerprint density at radius 3 is 2.59 bits per heavy atom. The van der Waals surface area contributed by atoms with Gasteiger partial charge < -0.3 is 11.1 Å². The van der Waals surface area contributed by atoms with Gasteiger partial charge in [0.25, 0.3) is 0 Å². The topological polar surface area (TPSA) is 85.1 Å². The molecule has 3 N–H and O–H groups in total. The smallest absolute Gasteiger partial charge is 0.219 e. The summed E-state index contributed by atoms with van der Waals surface area (Å²) in [5.74, 6) is -1.66. The number of aromatic nitrogens is 1. The van der Waals surface area contributed by atoms with Crippen LogP contribution in [0.5, 0.6) is 0 Å². The van der Waals surface area contributed by atoms with Gasteiger partial charge in [0.1, 0.15) is 5.82 Å². The van der Waals surface area contributed by atoms with Crippen LogP contribution in [0.4, 0.5) is 4.39 Å². The van der Waals surface area contributed by atoms with Crippen molar-refractivity contribution in [2.24, 2.45) is 5.73 Å². The van der Waals surface area contributed by atoms with Crippen LogP contribution < -0.4 is 11.1 Å². The van der Waals surface area contributed by atoms with E-state index in [4.69, 9.17) is 17.3 Å². The molecule has 0 aliphatic carbocycles. The summed E-state index contributed by atoms with van der Waals surface area (Å²) in [5.41, 5.74) is 5.04. The molecule has 2 aromatic rings. The fourth-order valence-corrected chi connectivity index (χ4v) is 3.28. The molecular formula is C20H23ClFN3O2. The number of primary amides is 1. The molecule has 0 bridgehead atoms. The van der Waals surface area contributed by atoms with Crippen LogP contribution in [0.25, 0.3) is 0 Å². The highest BCUT2D eigenvalue weighted by Crippen LogP contribution is 2.31. The van der Waals surface area contributed by atoms with Crippen molar-refractivity contribution in [3.05, 3.63) is 64.2 Å². The highest BCUT2D eigenvalue weighted by molar-refractivity contribution is 6.35. The van der Waals surface area contributed by atoms with Gasteiger partial charge in [-0.05, 0) is 38.5 Å². The monoisotopic (exact) mass is 391 g/mol. The number of nitrogens with one attached hydrogen (secondary N) is 1. The maximum absolute atomic E-state index is 15.3. The summed E-state index contributed by atoms with van der Waals surface area (Å²) in [6.45, 7) is 5.51. The van der Waals surface area contributed by atoms with Crippen molar-refractivity contribution < 1.29 is 14.0 Å². The minimum absolute atomic E-state index is 0.0383. The van der Waals surface area contributed by atoms with E-state index in [-0.39, 0.29) is 22.6 Å². The number of hydrogen-bond donors (Lipinski definition) is 2. The normalized spacial score (nSPS) is 12.6. The van der Waals surface area contributed by atoms with E-state index < -0.39 is 29.1 Å². The van der Waals surface area contributed by atoms with E-state index in [2.05, 4.69) is 10.3 Å². The second-order valence-corrected chi connectivity index (χ2v) is 7.44. The third-order valence-electron chi connectivity index (χ3n) is 4.24. The van der Waals surface area contributed by atoms with Crippen molar-refractivity contribution in [3.63, 3.8) is 0 Å². The number of hydrogen-bond acceptors (Lipinski definition) is 4. The van der Waals surface area contributed by atoms with Crippen LogP contribution >= 0.6 is 11.6 Å². The van der Waals surface area contributed by atoms with Crippen LogP contribution in [0.2, 0.25) is 5.02 Å². The molecule has 1 aromatic heterocycles. The number of amides is 1. The van der Waals surface area contributed by atoms with E-state index >= 15 is 4.39 Å². The molecule has 0 saturated carbocycles. The fraction of sp³-hybridized carbons (Fsp3) is 0.350. The third kappa shape index (κ3) is 5.11. The molecule has 0 aliphatic rings. The zero-order valence-corrected chi connectivity index (χ0v) is 16.3. The Labute approximate surface area is 163 Å². The van der Waals surface area contributed by atoms with Gasteiger partial charge in [-0.1, -0.05) is 24.6 Å². The van der Waals surface area contributed by atoms with E-state index in [0.29, 0.717) is 12.0 Å². The third-order valence-corrected chi connectivity index (χ3v) is 4.55. The van der Waals surface area contributed by atoms with Crippen molar-refractivity contribution in [1.29, 1.82) is 0 Å². The quantitative estimate of drug-likeness (QED) is 0.670. The lowest BCUT2D eigenvalue weighted by Gasteiger charge is -2.31. The molecule has 0 unspecified atom stereocenters. The highest BCUT2D eigenvalue weighted by atomic mass is 35.5. The number of pyridine rings is 1. The minimum atomic E-state index is -0.675. The Morgan fingerprint density at radius 2 is 2.04 bits per heavy atom. The van der Waals surface area contributed by atoms with Gasteiger partial charge in [-0.2, -0.15) is 0 Å². The molecule has 0 spiro atoms. The van der Waals surface area contributed by atoms with Crippen molar-refractivity contribution in [1.82, 2.24) is 10.3 Å². The Hall–Kier alpha value is -2.31. The molecule has 27 heavy (non-hydrogen) atoms. The number of halogens is 2. The van der Waals surface area contributed by atoms with Crippen LogP contribution in [-0.2, 0) is 4.79 Å². The van der Waals surface area contributed by atoms with Crippen molar-refractivity contribution >= 4 is 23.3 Å². The van der Waals surface area contributed by atoms with Crippen LogP contribution in [0.15, 0.2) is 36.7 Å². The van der Waals surface area contributed by atoms with E-state index in [0.717, 1.165) is 0 Å². The predicted molar refractivity (Wildman–Crippen MR) is 103 cm³/mol. The second kappa shape index (κ2) is 8.59. The summed E-state index contributed by atoms with van der Waals surface area (Å²) in [4.78, 5) is 27.9. The largest absolute Gasteiger partial charge is 0.370 e. The molecule has 0 saturated heterocycles. The summed E-state index contributed by atoms with van der Waals surface area (Å²) in [6.07, 6.45) is 3.54. The molecule has 1 aromatic carbocycles. The fourth-order valence-electron chi connectivity index (χ4n) is 3.05. The number of nitrogens with zero attached hydrogens (tertiary/aromatic N) is 1. The van der Waals surface area contributed by atoms with Gasteiger partial charge in [0.2, 0.25) is 5.91 Å². The number of rotatable bonds is 8. The maximum Gasteiger partial charge on any atom is 0.219 e. The zero-order valence-electron chi connectivity index (χ0n) is 15.6. The molecule has 1 amide bonds. The summed E-state index contributed by atoms with van der Waals surface area (Å²) >= 11 is 6.13. The Bertz CT molecular complexity index is 841. The number of carbonyl (C=O) groups is 2. The molecule has 2 rings (SSSR count). The maximum atomic E-state index is 15.3. The van der Waals surface area contributed by atoms with E-state index in [1.807, 2.05) is 20.8 Å². The van der Waals surface area contributed by atoms with Crippen molar-refractivity contribution in [2.45, 2.75) is 45.2 Å². The molecule has 1 heterocycles. The number of nitrogens with two attached hydrogens (primary N) is 1. The number of carbonyl (C=O) groups excluding carboxylic acids is 2. The van der Waals surface area contributed by atoms with Crippen LogP contribution in [0, 0.1) is 5.82 Å². The van der Waals surface area contributed by atoms with Gasteiger partial charge in [-0.15, -0.1) is 0 Å². The zero-order chi connectivity index (χ0) is 20.2. The Balaban J connectivity index is 2.43. The molecule has 1 atom stereocenters. The summed E-state index contributed by atoms with van der Waals surface area (Å²) < 4.78 is 15.3.